The number of hydrogen-bond acceptors (Lipinski definition) is 7. The number of nitrogens with zero attached hydrogens (tertiary/aromatic N) is 6. The molecule has 0 radical (unpaired) electrons. The number of imidazole rings is 1. The average Bonchev–Trinajstić information content (AvgIpc) is 3.04. The molecule has 1 aliphatic rings. The third-order valence-electron chi connectivity index (χ3n) is 3.33. The molecule has 0 spiro atoms. The number of hydrogen-bond donors (Lipinski definition) is 2. The number of anilines is 2. The van der Waals surface area contributed by atoms with Gasteiger partial charge in [0.15, 0.2) is 0 Å². The summed E-state index contributed by atoms with van der Waals surface area (Å²) in [6, 6.07) is -0.318. The van der Waals surface area contributed by atoms with Crippen LogP contribution in [-0.2, 0) is 4.79 Å². The minimum Gasteiger partial charge on any atom is -0.357 e. The molecular weight excluding hydrogens is 272 g/mol. The van der Waals surface area contributed by atoms with Crippen LogP contribution in [0.1, 0.15) is 6.92 Å². The maximum absolute atomic E-state index is 11.8. The average molecular weight is 288 g/mol. The van der Waals surface area contributed by atoms with Crippen molar-refractivity contribution in [1.29, 1.82) is 0 Å². The van der Waals surface area contributed by atoms with Crippen LogP contribution in [0, 0.1) is 0 Å². The van der Waals surface area contributed by atoms with Gasteiger partial charge in [-0.1, -0.05) is 0 Å². The van der Waals surface area contributed by atoms with Crippen LogP contribution >= 0.6 is 0 Å². The Balaban J connectivity index is 2.01. The lowest BCUT2D eigenvalue weighted by Crippen LogP contribution is -2.54. The SMILES string of the molecule is CNc1nc(N2CCNC(=O)C2C)nc(-n2ccnc2)n1. The highest BCUT2D eigenvalue weighted by Gasteiger charge is 2.28. The van der Waals surface area contributed by atoms with E-state index in [2.05, 4.69) is 30.6 Å². The monoisotopic (exact) mass is 288 g/mol. The van der Waals surface area contributed by atoms with E-state index in [0.717, 1.165) is 0 Å². The summed E-state index contributed by atoms with van der Waals surface area (Å²) in [5.41, 5.74) is 0. The van der Waals surface area contributed by atoms with Gasteiger partial charge in [-0.3, -0.25) is 9.36 Å². The molecule has 2 aromatic heterocycles. The predicted octanol–water partition coefficient (Wildman–Crippen LogP) is -0.576. The Labute approximate surface area is 121 Å². The second-order valence-electron chi connectivity index (χ2n) is 4.64. The molecule has 0 aliphatic carbocycles. The highest BCUT2D eigenvalue weighted by Crippen LogP contribution is 2.17. The molecule has 0 bridgehead atoms. The Hall–Kier alpha value is -2.71. The number of nitrogens with one attached hydrogen (secondary N) is 2. The lowest BCUT2D eigenvalue weighted by Gasteiger charge is -2.32. The zero-order valence-electron chi connectivity index (χ0n) is 11.8. The van der Waals surface area contributed by atoms with Gasteiger partial charge in [0.05, 0.1) is 0 Å². The molecule has 2 N–H and O–H groups in total. The minimum atomic E-state index is -0.318. The van der Waals surface area contributed by atoms with Gasteiger partial charge in [-0.15, -0.1) is 0 Å². The molecule has 0 aromatic carbocycles. The molecule has 3 rings (SSSR count). The Morgan fingerprint density at radius 2 is 2.14 bits per heavy atom. The van der Waals surface area contributed by atoms with Gasteiger partial charge in [-0.25, -0.2) is 4.98 Å². The fourth-order valence-electron chi connectivity index (χ4n) is 2.14. The van der Waals surface area contributed by atoms with E-state index in [1.165, 1.54) is 0 Å². The van der Waals surface area contributed by atoms with Crippen molar-refractivity contribution >= 4 is 17.8 Å². The number of aromatic nitrogens is 5. The van der Waals surface area contributed by atoms with Crippen molar-refractivity contribution in [1.82, 2.24) is 29.8 Å². The lowest BCUT2D eigenvalue weighted by molar-refractivity contribution is -0.122. The maximum atomic E-state index is 11.8. The van der Waals surface area contributed by atoms with E-state index >= 15 is 0 Å². The summed E-state index contributed by atoms with van der Waals surface area (Å²) in [6.07, 6.45) is 5.02. The predicted molar refractivity (Wildman–Crippen MR) is 76.3 cm³/mol. The third kappa shape index (κ3) is 2.49. The van der Waals surface area contributed by atoms with Crippen LogP contribution < -0.4 is 15.5 Å². The number of rotatable bonds is 3. The molecular formula is C12H16N8O. The second kappa shape index (κ2) is 5.35. The Bertz CT molecular complexity index is 641. The number of amides is 1. The molecule has 2 aromatic rings. The van der Waals surface area contributed by atoms with E-state index in [1.54, 1.807) is 30.3 Å². The van der Waals surface area contributed by atoms with E-state index in [-0.39, 0.29) is 11.9 Å². The molecule has 1 unspecified atom stereocenters. The Morgan fingerprint density at radius 3 is 2.86 bits per heavy atom. The van der Waals surface area contributed by atoms with Crippen LogP contribution in [0.5, 0.6) is 0 Å². The van der Waals surface area contributed by atoms with E-state index in [1.807, 2.05) is 11.8 Å². The van der Waals surface area contributed by atoms with E-state index in [9.17, 15) is 4.79 Å². The van der Waals surface area contributed by atoms with Crippen molar-refractivity contribution in [3.63, 3.8) is 0 Å². The zero-order chi connectivity index (χ0) is 14.8. The van der Waals surface area contributed by atoms with Crippen LogP contribution in [0.25, 0.3) is 5.95 Å². The molecule has 3 heterocycles. The quantitative estimate of drug-likeness (QED) is 0.779. The number of carbonyl (C=O) groups excluding carboxylic acids is 1. The van der Waals surface area contributed by atoms with Crippen LogP contribution in [0.4, 0.5) is 11.9 Å². The summed E-state index contributed by atoms with van der Waals surface area (Å²) in [6.45, 7) is 3.06. The first-order valence-electron chi connectivity index (χ1n) is 6.65. The van der Waals surface area contributed by atoms with Crippen molar-refractivity contribution < 1.29 is 4.79 Å². The van der Waals surface area contributed by atoms with Crippen molar-refractivity contribution in [2.75, 3.05) is 30.4 Å². The van der Waals surface area contributed by atoms with E-state index in [4.69, 9.17) is 0 Å². The Morgan fingerprint density at radius 1 is 1.33 bits per heavy atom. The molecule has 0 saturated carbocycles. The summed E-state index contributed by atoms with van der Waals surface area (Å²) >= 11 is 0. The van der Waals surface area contributed by atoms with Crippen LogP contribution in [-0.4, -0.2) is 56.6 Å². The standard InChI is InChI=1S/C12H16N8O/c1-8-9(21)15-4-6-20(8)12-17-10(13-2)16-11(18-12)19-5-3-14-7-19/h3,5,7-8H,4,6H2,1-2H3,(H,15,21)(H,13,16,17,18). The second-order valence-corrected chi connectivity index (χ2v) is 4.64. The largest absolute Gasteiger partial charge is 0.357 e. The first kappa shape index (κ1) is 13.3. The first-order valence-corrected chi connectivity index (χ1v) is 6.65. The molecule has 110 valence electrons. The summed E-state index contributed by atoms with van der Waals surface area (Å²) < 4.78 is 1.70. The molecule has 1 fully saturated rings. The number of carbonyl (C=O) groups is 1. The van der Waals surface area contributed by atoms with Crippen molar-refractivity contribution in [2.24, 2.45) is 0 Å². The maximum Gasteiger partial charge on any atom is 0.242 e. The van der Waals surface area contributed by atoms with Gasteiger partial charge in [-0.05, 0) is 6.92 Å². The summed E-state index contributed by atoms with van der Waals surface area (Å²) in [5.74, 6) is 1.35. The fourth-order valence-corrected chi connectivity index (χ4v) is 2.14. The third-order valence-corrected chi connectivity index (χ3v) is 3.33. The van der Waals surface area contributed by atoms with Crippen LogP contribution in [0.3, 0.4) is 0 Å². The lowest BCUT2D eigenvalue weighted by atomic mass is 10.2. The number of piperazine rings is 1. The van der Waals surface area contributed by atoms with Gasteiger partial charge in [0.25, 0.3) is 0 Å². The smallest absolute Gasteiger partial charge is 0.242 e. The molecule has 9 heteroatoms. The molecule has 1 atom stereocenters. The van der Waals surface area contributed by atoms with Crippen molar-refractivity contribution in [3.8, 4) is 5.95 Å². The summed E-state index contributed by atoms with van der Waals surface area (Å²) in [7, 11) is 1.74. The highest BCUT2D eigenvalue weighted by molar-refractivity contribution is 5.85. The molecule has 1 amide bonds. The van der Waals surface area contributed by atoms with Gasteiger partial charge in [0.1, 0.15) is 12.4 Å². The first-order chi connectivity index (χ1) is 10.2. The van der Waals surface area contributed by atoms with Crippen LogP contribution in [0.2, 0.25) is 0 Å². The summed E-state index contributed by atoms with van der Waals surface area (Å²) in [4.78, 5) is 30.7. The molecule has 9 nitrogen and oxygen atoms in total. The van der Waals surface area contributed by atoms with Gasteiger partial charge >= 0.3 is 0 Å². The minimum absolute atomic E-state index is 0.0307. The van der Waals surface area contributed by atoms with Gasteiger partial charge in [0, 0.05) is 32.5 Å². The topological polar surface area (TPSA) is 101 Å². The normalized spacial score (nSPS) is 18.5. The van der Waals surface area contributed by atoms with Crippen LogP contribution in [0.15, 0.2) is 18.7 Å². The highest BCUT2D eigenvalue weighted by atomic mass is 16.2. The van der Waals surface area contributed by atoms with Gasteiger partial charge in [-0.2, -0.15) is 15.0 Å². The molecule has 21 heavy (non-hydrogen) atoms. The van der Waals surface area contributed by atoms with Gasteiger partial charge in [0.2, 0.25) is 23.8 Å². The molecule has 1 aliphatic heterocycles. The zero-order valence-corrected chi connectivity index (χ0v) is 11.8. The summed E-state index contributed by atoms with van der Waals surface area (Å²) in [5, 5.41) is 5.73. The molecule has 1 saturated heterocycles. The van der Waals surface area contributed by atoms with Gasteiger partial charge < -0.3 is 15.5 Å². The van der Waals surface area contributed by atoms with Crippen molar-refractivity contribution in [3.05, 3.63) is 18.7 Å². The fraction of sp³-hybridized carbons (Fsp3) is 0.417. The Kier molecular flexibility index (Phi) is 3.38. The van der Waals surface area contributed by atoms with E-state index < -0.39 is 0 Å². The van der Waals surface area contributed by atoms with E-state index in [0.29, 0.717) is 30.9 Å². The van der Waals surface area contributed by atoms with Crippen molar-refractivity contribution in [2.45, 2.75) is 13.0 Å².